The summed E-state index contributed by atoms with van der Waals surface area (Å²) in [7, 11) is 0. The number of aryl methyl sites for hydroxylation is 2. The number of benzene rings is 1. The van der Waals surface area contributed by atoms with E-state index < -0.39 is 5.60 Å². The molecular formula is C14H21NO2. The Labute approximate surface area is 103 Å². The van der Waals surface area contributed by atoms with Crippen molar-refractivity contribution in [2.45, 2.75) is 46.3 Å². The maximum Gasteiger partial charge on any atom is 0.127 e. The summed E-state index contributed by atoms with van der Waals surface area (Å²) in [6, 6.07) is 3.58. The van der Waals surface area contributed by atoms with Gasteiger partial charge in [-0.05, 0) is 51.8 Å². The van der Waals surface area contributed by atoms with Gasteiger partial charge in [0.2, 0.25) is 0 Å². The fraction of sp³-hybridized carbons (Fsp3) is 0.500. The number of hydrogen-bond acceptors (Lipinski definition) is 3. The molecule has 1 aromatic carbocycles. The van der Waals surface area contributed by atoms with Crippen LogP contribution in [0.25, 0.3) is 0 Å². The van der Waals surface area contributed by atoms with Gasteiger partial charge in [0.15, 0.2) is 0 Å². The molecule has 0 radical (unpaired) electrons. The molecule has 0 aliphatic carbocycles. The highest BCUT2D eigenvalue weighted by molar-refractivity contribution is 5.84. The normalized spacial score (nSPS) is 14.2. The largest absolute Gasteiger partial charge is 0.507 e. The summed E-state index contributed by atoms with van der Waals surface area (Å²) in [4.78, 5) is 4.27. The summed E-state index contributed by atoms with van der Waals surface area (Å²) in [5.74, 6) is 0.252. The van der Waals surface area contributed by atoms with Crippen molar-refractivity contribution in [2.24, 2.45) is 4.99 Å². The molecule has 17 heavy (non-hydrogen) atoms. The van der Waals surface area contributed by atoms with Gasteiger partial charge in [0, 0.05) is 11.8 Å². The second-order valence-corrected chi connectivity index (χ2v) is 5.13. The van der Waals surface area contributed by atoms with Crippen LogP contribution < -0.4 is 0 Å². The van der Waals surface area contributed by atoms with Crippen molar-refractivity contribution in [1.29, 1.82) is 0 Å². The predicted octanol–water partition coefficient (Wildman–Crippen LogP) is 2.59. The third-order valence-electron chi connectivity index (χ3n) is 2.93. The molecule has 0 spiro atoms. The molecule has 0 saturated carbocycles. The zero-order valence-corrected chi connectivity index (χ0v) is 11.2. The van der Waals surface area contributed by atoms with Crippen LogP contribution in [0.5, 0.6) is 5.75 Å². The maximum absolute atomic E-state index is 9.88. The first-order valence-corrected chi connectivity index (χ1v) is 5.77. The van der Waals surface area contributed by atoms with Gasteiger partial charge in [-0.1, -0.05) is 6.07 Å². The van der Waals surface area contributed by atoms with E-state index in [2.05, 4.69) is 4.99 Å². The van der Waals surface area contributed by atoms with Crippen molar-refractivity contribution < 1.29 is 10.2 Å². The van der Waals surface area contributed by atoms with Gasteiger partial charge >= 0.3 is 0 Å². The Balaban J connectivity index is 3.00. The number of aliphatic imine (C=N–C) groups is 1. The van der Waals surface area contributed by atoms with Crippen molar-refractivity contribution in [3.63, 3.8) is 0 Å². The zero-order valence-electron chi connectivity index (χ0n) is 11.2. The molecule has 0 bridgehead atoms. The number of phenolic OH excluding ortho intramolecular Hbond substituents is 1. The van der Waals surface area contributed by atoms with E-state index in [1.807, 2.05) is 32.9 Å². The molecule has 0 amide bonds. The van der Waals surface area contributed by atoms with E-state index in [0.29, 0.717) is 5.56 Å². The van der Waals surface area contributed by atoms with Crippen molar-refractivity contribution in [3.05, 3.63) is 28.8 Å². The summed E-state index contributed by atoms with van der Waals surface area (Å²) >= 11 is 0. The molecule has 1 rings (SSSR count). The van der Waals surface area contributed by atoms with Gasteiger partial charge in [0.1, 0.15) is 5.75 Å². The Hall–Kier alpha value is -1.35. The van der Waals surface area contributed by atoms with Crippen LogP contribution in [-0.2, 0) is 0 Å². The van der Waals surface area contributed by atoms with Crippen molar-refractivity contribution >= 4 is 6.21 Å². The number of rotatable bonds is 3. The van der Waals surface area contributed by atoms with Crippen LogP contribution in [0.2, 0.25) is 0 Å². The van der Waals surface area contributed by atoms with Crippen molar-refractivity contribution in [1.82, 2.24) is 0 Å². The second-order valence-electron chi connectivity index (χ2n) is 5.13. The molecule has 0 aromatic heterocycles. The first-order chi connectivity index (χ1) is 7.71. The van der Waals surface area contributed by atoms with Crippen LogP contribution in [-0.4, -0.2) is 28.1 Å². The van der Waals surface area contributed by atoms with E-state index in [4.69, 9.17) is 0 Å². The lowest BCUT2D eigenvalue weighted by atomic mass is 10.0. The molecule has 1 atom stereocenters. The fourth-order valence-electron chi connectivity index (χ4n) is 1.47. The van der Waals surface area contributed by atoms with Gasteiger partial charge in [-0.15, -0.1) is 0 Å². The van der Waals surface area contributed by atoms with Crippen molar-refractivity contribution in [3.8, 4) is 5.75 Å². The topological polar surface area (TPSA) is 52.8 Å². The van der Waals surface area contributed by atoms with Gasteiger partial charge in [-0.25, -0.2) is 0 Å². The first-order valence-electron chi connectivity index (χ1n) is 5.77. The quantitative estimate of drug-likeness (QED) is 0.791. The Kier molecular flexibility index (Phi) is 3.94. The molecular weight excluding hydrogens is 214 g/mol. The van der Waals surface area contributed by atoms with E-state index in [1.54, 1.807) is 20.1 Å². The number of hydrogen-bond donors (Lipinski definition) is 2. The molecule has 0 aliphatic rings. The minimum absolute atomic E-state index is 0.220. The molecule has 0 fully saturated rings. The minimum Gasteiger partial charge on any atom is -0.507 e. The summed E-state index contributed by atoms with van der Waals surface area (Å²) in [6.45, 7) is 9.12. The highest BCUT2D eigenvalue weighted by Gasteiger charge is 2.20. The molecule has 2 N–H and O–H groups in total. The smallest absolute Gasteiger partial charge is 0.127 e. The number of phenols is 1. The predicted molar refractivity (Wildman–Crippen MR) is 70.9 cm³/mol. The lowest BCUT2D eigenvalue weighted by Crippen LogP contribution is -2.32. The van der Waals surface area contributed by atoms with Gasteiger partial charge in [0.05, 0.1) is 11.6 Å². The molecule has 0 aliphatic heterocycles. The number of aromatic hydroxyl groups is 1. The van der Waals surface area contributed by atoms with E-state index in [-0.39, 0.29) is 11.8 Å². The van der Waals surface area contributed by atoms with Gasteiger partial charge in [-0.3, -0.25) is 4.99 Å². The average Bonchev–Trinajstić information content (AvgIpc) is 2.19. The Morgan fingerprint density at radius 1 is 1.29 bits per heavy atom. The third-order valence-corrected chi connectivity index (χ3v) is 2.93. The lowest BCUT2D eigenvalue weighted by Gasteiger charge is -2.21. The highest BCUT2D eigenvalue weighted by Crippen LogP contribution is 2.22. The standard InChI is InChI=1S/C14H21NO2/c1-9-6-10(2)13(16)12(7-9)8-15-11(3)14(4,5)17/h6-8,11,16-17H,1-5H3. The van der Waals surface area contributed by atoms with E-state index in [9.17, 15) is 10.2 Å². The molecule has 0 heterocycles. The maximum atomic E-state index is 9.88. The third kappa shape index (κ3) is 3.56. The molecule has 1 aromatic rings. The summed E-state index contributed by atoms with van der Waals surface area (Å²) < 4.78 is 0. The Bertz CT molecular complexity index is 431. The Morgan fingerprint density at radius 3 is 2.41 bits per heavy atom. The van der Waals surface area contributed by atoms with Gasteiger partial charge in [0.25, 0.3) is 0 Å². The Morgan fingerprint density at radius 2 is 1.88 bits per heavy atom. The number of nitrogens with zero attached hydrogens (tertiary/aromatic N) is 1. The minimum atomic E-state index is -0.856. The van der Waals surface area contributed by atoms with E-state index >= 15 is 0 Å². The highest BCUT2D eigenvalue weighted by atomic mass is 16.3. The van der Waals surface area contributed by atoms with E-state index in [0.717, 1.165) is 11.1 Å². The van der Waals surface area contributed by atoms with Gasteiger partial charge in [-0.2, -0.15) is 0 Å². The number of aliphatic hydroxyl groups is 1. The molecule has 0 saturated heterocycles. The van der Waals surface area contributed by atoms with Crippen molar-refractivity contribution in [2.75, 3.05) is 0 Å². The first kappa shape index (κ1) is 13.7. The average molecular weight is 235 g/mol. The van der Waals surface area contributed by atoms with Crippen LogP contribution in [0, 0.1) is 13.8 Å². The summed E-state index contributed by atoms with van der Waals surface area (Å²) in [5, 5.41) is 19.7. The van der Waals surface area contributed by atoms with E-state index in [1.165, 1.54) is 0 Å². The van der Waals surface area contributed by atoms with Crippen LogP contribution in [0.15, 0.2) is 17.1 Å². The van der Waals surface area contributed by atoms with Gasteiger partial charge < -0.3 is 10.2 Å². The molecule has 94 valence electrons. The lowest BCUT2D eigenvalue weighted by molar-refractivity contribution is 0.0592. The molecule has 3 heteroatoms. The fourth-order valence-corrected chi connectivity index (χ4v) is 1.47. The summed E-state index contributed by atoms with van der Waals surface area (Å²) in [6.07, 6.45) is 1.62. The SMILES string of the molecule is Cc1cc(C)c(O)c(C=NC(C)C(C)(C)O)c1. The van der Waals surface area contributed by atoms with Crippen LogP contribution in [0.3, 0.4) is 0 Å². The van der Waals surface area contributed by atoms with Crippen LogP contribution >= 0.6 is 0 Å². The summed E-state index contributed by atoms with van der Waals surface area (Å²) in [5.41, 5.74) is 1.75. The van der Waals surface area contributed by atoms with Crippen LogP contribution in [0.4, 0.5) is 0 Å². The second kappa shape index (κ2) is 4.88. The van der Waals surface area contributed by atoms with Crippen LogP contribution in [0.1, 0.15) is 37.5 Å². The zero-order chi connectivity index (χ0) is 13.2. The monoisotopic (exact) mass is 235 g/mol. The molecule has 3 nitrogen and oxygen atoms in total. The molecule has 1 unspecified atom stereocenters.